The lowest BCUT2D eigenvalue weighted by Crippen LogP contribution is -2.74. The van der Waals surface area contributed by atoms with Gasteiger partial charge in [-0.1, -0.05) is 42.5 Å². The minimum atomic E-state index is -1.34. The Morgan fingerprint density at radius 3 is 2.08 bits per heavy atom. The van der Waals surface area contributed by atoms with Gasteiger partial charge < -0.3 is 28.4 Å². The van der Waals surface area contributed by atoms with E-state index in [1.54, 1.807) is 19.1 Å². The van der Waals surface area contributed by atoms with Crippen molar-refractivity contribution in [2.45, 2.75) is 56.4 Å². The van der Waals surface area contributed by atoms with Gasteiger partial charge in [0.25, 0.3) is 5.91 Å². The molecule has 3 aliphatic heterocycles. The summed E-state index contributed by atoms with van der Waals surface area (Å²) in [5.41, 5.74) is 1.26. The first-order valence-corrected chi connectivity index (χ1v) is 12.7. The maximum absolute atomic E-state index is 14.2. The molecule has 38 heavy (non-hydrogen) atoms. The number of rotatable bonds is 7. The van der Waals surface area contributed by atoms with Crippen molar-refractivity contribution in [3.05, 3.63) is 90.0 Å². The fraction of sp³-hybridized carbons (Fsp3) is 0.367. The molecule has 3 aliphatic rings. The number of anilines is 1. The highest BCUT2D eigenvalue weighted by atomic mass is 16.8. The third-order valence-electron chi connectivity index (χ3n) is 7.39. The van der Waals surface area contributed by atoms with E-state index in [0.29, 0.717) is 12.4 Å². The lowest BCUT2D eigenvalue weighted by molar-refractivity contribution is -0.255. The van der Waals surface area contributed by atoms with Crippen LogP contribution in [0.2, 0.25) is 0 Å². The Bertz CT molecular complexity index is 1290. The summed E-state index contributed by atoms with van der Waals surface area (Å²) in [7, 11) is 3.23. The fourth-order valence-corrected chi connectivity index (χ4v) is 5.67. The number of β-lactam (4-membered cyclic amide) rings is 1. The molecule has 0 saturated carbocycles. The van der Waals surface area contributed by atoms with Crippen LogP contribution in [-0.4, -0.2) is 50.0 Å². The van der Waals surface area contributed by atoms with Crippen molar-refractivity contribution < 1.29 is 33.2 Å². The summed E-state index contributed by atoms with van der Waals surface area (Å²) >= 11 is 0. The smallest absolute Gasteiger partial charge is 0.265 e. The number of methoxy groups -OCH3 is 2. The Morgan fingerprint density at radius 1 is 0.816 bits per heavy atom. The summed E-state index contributed by atoms with van der Waals surface area (Å²) in [6.07, 6.45) is -2.02. The van der Waals surface area contributed by atoms with Crippen LogP contribution >= 0.6 is 0 Å². The Morgan fingerprint density at radius 2 is 1.45 bits per heavy atom. The molecule has 1 spiro atoms. The van der Waals surface area contributed by atoms with Crippen LogP contribution in [-0.2, 0) is 30.3 Å². The zero-order valence-corrected chi connectivity index (χ0v) is 21.8. The van der Waals surface area contributed by atoms with Crippen LogP contribution in [0.3, 0.4) is 0 Å². The van der Waals surface area contributed by atoms with Crippen LogP contribution in [0.1, 0.15) is 31.0 Å². The van der Waals surface area contributed by atoms with Gasteiger partial charge in [0.15, 0.2) is 12.1 Å². The predicted octanol–water partition coefficient (Wildman–Crippen LogP) is 4.62. The van der Waals surface area contributed by atoms with Crippen LogP contribution in [0, 0.1) is 0 Å². The number of carbonyl (C=O) groups excluding carboxylic acids is 1. The first-order chi connectivity index (χ1) is 18.4. The molecule has 0 N–H and O–H groups in total. The quantitative estimate of drug-likeness (QED) is 0.423. The van der Waals surface area contributed by atoms with Crippen LogP contribution < -0.4 is 14.4 Å². The van der Waals surface area contributed by atoms with E-state index >= 15 is 0 Å². The Kier molecular flexibility index (Phi) is 6.15. The number of nitrogens with zero attached hydrogens (tertiary/aromatic N) is 1. The van der Waals surface area contributed by atoms with Crippen LogP contribution in [0.15, 0.2) is 78.9 Å². The molecule has 0 unspecified atom stereocenters. The highest BCUT2D eigenvalue weighted by Crippen LogP contribution is 2.58. The van der Waals surface area contributed by atoms with E-state index in [1.807, 2.05) is 92.7 Å². The van der Waals surface area contributed by atoms with E-state index in [0.717, 1.165) is 22.6 Å². The molecular formula is C30H31NO7. The normalized spacial score (nSPS) is 29.3. The number of benzene rings is 3. The number of hydrogen-bond acceptors (Lipinski definition) is 7. The van der Waals surface area contributed by atoms with E-state index in [4.69, 9.17) is 28.4 Å². The summed E-state index contributed by atoms with van der Waals surface area (Å²) in [4.78, 5) is 16.0. The van der Waals surface area contributed by atoms with Crippen molar-refractivity contribution in [2.75, 3.05) is 19.1 Å². The molecule has 3 heterocycles. The van der Waals surface area contributed by atoms with Crippen LogP contribution in [0.25, 0.3) is 0 Å². The molecule has 0 aliphatic carbocycles. The van der Waals surface area contributed by atoms with Crippen molar-refractivity contribution in [3.8, 4) is 11.5 Å². The average Bonchev–Trinajstić information content (AvgIpc) is 3.41. The molecule has 0 radical (unpaired) electrons. The zero-order chi connectivity index (χ0) is 26.5. The second kappa shape index (κ2) is 9.39. The largest absolute Gasteiger partial charge is 0.497 e. The number of carbonyl (C=O) groups is 1. The van der Waals surface area contributed by atoms with Crippen molar-refractivity contribution in [1.82, 2.24) is 0 Å². The van der Waals surface area contributed by atoms with Gasteiger partial charge in [-0.2, -0.15) is 0 Å². The topological polar surface area (TPSA) is 75.7 Å². The van der Waals surface area contributed by atoms with Gasteiger partial charge >= 0.3 is 0 Å². The van der Waals surface area contributed by atoms with E-state index in [2.05, 4.69) is 0 Å². The monoisotopic (exact) mass is 517 g/mol. The predicted molar refractivity (Wildman–Crippen MR) is 139 cm³/mol. The summed E-state index contributed by atoms with van der Waals surface area (Å²) in [6, 6.07) is 24.4. The number of fused-ring (bicyclic) bond motifs is 1. The van der Waals surface area contributed by atoms with Gasteiger partial charge in [0.1, 0.15) is 29.7 Å². The molecule has 3 saturated heterocycles. The SMILES string of the molecule is COc1ccc([C@@H]2N(c3ccc(OC)cc3)C(=O)[C@]23O[C@@H]2OC(C)(C)O[C@@H]2[C@H]3OCc2ccccc2)cc1. The molecule has 8 nitrogen and oxygen atoms in total. The highest BCUT2D eigenvalue weighted by molar-refractivity contribution is 6.09. The summed E-state index contributed by atoms with van der Waals surface area (Å²) in [5, 5.41) is 0. The van der Waals surface area contributed by atoms with Gasteiger partial charge in [-0.15, -0.1) is 0 Å². The average molecular weight is 518 g/mol. The fourth-order valence-electron chi connectivity index (χ4n) is 5.67. The molecule has 8 heteroatoms. The molecular weight excluding hydrogens is 486 g/mol. The molecule has 198 valence electrons. The van der Waals surface area contributed by atoms with E-state index in [-0.39, 0.29) is 5.91 Å². The van der Waals surface area contributed by atoms with E-state index in [1.165, 1.54) is 0 Å². The first kappa shape index (κ1) is 24.9. The van der Waals surface area contributed by atoms with Crippen molar-refractivity contribution in [1.29, 1.82) is 0 Å². The van der Waals surface area contributed by atoms with Crippen LogP contribution in [0.4, 0.5) is 5.69 Å². The lowest BCUT2D eigenvalue weighted by atomic mass is 9.73. The van der Waals surface area contributed by atoms with Gasteiger partial charge in [0.05, 0.1) is 20.8 Å². The molecule has 3 aromatic rings. The third kappa shape index (κ3) is 3.96. The Labute approximate surface area is 222 Å². The van der Waals surface area contributed by atoms with Crippen molar-refractivity contribution in [3.63, 3.8) is 0 Å². The molecule has 3 aromatic carbocycles. The van der Waals surface area contributed by atoms with Gasteiger partial charge in [0.2, 0.25) is 5.60 Å². The minimum absolute atomic E-state index is 0.207. The maximum Gasteiger partial charge on any atom is 0.265 e. The first-order valence-electron chi connectivity index (χ1n) is 12.7. The van der Waals surface area contributed by atoms with Crippen molar-refractivity contribution in [2.24, 2.45) is 0 Å². The second-order valence-corrected chi connectivity index (χ2v) is 10.1. The lowest BCUT2D eigenvalue weighted by Gasteiger charge is -2.55. The number of amides is 1. The molecule has 6 rings (SSSR count). The van der Waals surface area contributed by atoms with Crippen LogP contribution in [0.5, 0.6) is 11.5 Å². The Balaban J connectivity index is 1.42. The second-order valence-electron chi connectivity index (χ2n) is 10.1. The molecule has 0 bridgehead atoms. The number of ether oxygens (including phenoxy) is 6. The van der Waals surface area contributed by atoms with Crippen molar-refractivity contribution >= 4 is 11.6 Å². The van der Waals surface area contributed by atoms with Gasteiger partial charge in [0, 0.05) is 5.69 Å². The zero-order valence-electron chi connectivity index (χ0n) is 21.8. The summed E-state index contributed by atoms with van der Waals surface area (Å²) in [6.45, 7) is 3.97. The number of hydrogen-bond donors (Lipinski definition) is 0. The summed E-state index contributed by atoms with van der Waals surface area (Å²) in [5.74, 6) is 0.362. The molecule has 5 atom stereocenters. The summed E-state index contributed by atoms with van der Waals surface area (Å²) < 4.78 is 36.1. The van der Waals surface area contributed by atoms with Gasteiger partial charge in [-0.3, -0.25) is 9.69 Å². The van der Waals surface area contributed by atoms with E-state index < -0.39 is 35.9 Å². The molecule has 1 amide bonds. The van der Waals surface area contributed by atoms with Gasteiger partial charge in [-0.25, -0.2) is 0 Å². The maximum atomic E-state index is 14.2. The third-order valence-corrected chi connectivity index (χ3v) is 7.39. The molecule has 0 aromatic heterocycles. The minimum Gasteiger partial charge on any atom is -0.497 e. The molecule has 3 fully saturated rings. The highest BCUT2D eigenvalue weighted by Gasteiger charge is 2.76. The standard InChI is InChI=1S/C30H31NO7/c1-29(2)36-24-26(35-18-19-8-6-5-7-9-19)30(38-27(24)37-29)25(20-10-14-22(33-3)15-11-20)31(28(30)32)21-12-16-23(34-4)17-13-21/h5-17,24-27H,18H2,1-4H3/t24-,25+,26-,27+,30+/m1/s1. The Hall–Kier alpha value is -3.43. The van der Waals surface area contributed by atoms with Gasteiger partial charge in [-0.05, 0) is 61.4 Å². The van der Waals surface area contributed by atoms with E-state index in [9.17, 15) is 4.79 Å².